The predicted octanol–water partition coefficient (Wildman–Crippen LogP) is -1.20. The van der Waals surface area contributed by atoms with E-state index in [1.165, 1.54) is 0 Å². The highest BCUT2D eigenvalue weighted by Gasteiger charge is 2.18. The fourth-order valence-corrected chi connectivity index (χ4v) is 1.39. The Hall–Kier alpha value is -2.58. The third-order valence-electron chi connectivity index (χ3n) is 2.32. The lowest BCUT2D eigenvalue weighted by Gasteiger charge is -2.19. The number of nitrogens with zero attached hydrogens (tertiary/aromatic N) is 2. The van der Waals surface area contributed by atoms with Crippen molar-refractivity contribution in [1.29, 1.82) is 0 Å². The number of amides is 3. The van der Waals surface area contributed by atoms with E-state index in [0.717, 1.165) is 16.2 Å². The van der Waals surface area contributed by atoms with Gasteiger partial charge in [0, 0.05) is 17.8 Å². The van der Waals surface area contributed by atoms with E-state index in [1.54, 1.807) is 13.1 Å². The van der Waals surface area contributed by atoms with Gasteiger partial charge in [0.15, 0.2) is 0 Å². The smallest absolute Gasteiger partial charge is 0.323 e. The number of aryl methyl sites for hydroxylation is 1. The number of carboxylic acid groups (broad SMARTS) is 1. The first-order valence-electron chi connectivity index (χ1n) is 5.42. The third-order valence-corrected chi connectivity index (χ3v) is 2.32. The number of nitrogens with two attached hydrogens (primary N) is 1. The Balaban J connectivity index is 2.58. The molecular formula is C10H15N5O4. The second-order valence-corrected chi connectivity index (χ2v) is 3.90. The molecule has 1 aromatic heterocycles. The molecule has 0 bridgehead atoms. The summed E-state index contributed by atoms with van der Waals surface area (Å²) in [5.74, 6) is -2.01. The van der Waals surface area contributed by atoms with Crippen LogP contribution in [0.5, 0.6) is 0 Å². The molecule has 0 saturated heterocycles. The lowest BCUT2D eigenvalue weighted by Crippen LogP contribution is -2.46. The molecule has 1 aromatic rings. The van der Waals surface area contributed by atoms with Crippen LogP contribution in [-0.2, 0) is 16.1 Å². The number of aromatic nitrogens is 2. The maximum absolute atomic E-state index is 11.7. The largest absolute Gasteiger partial charge is 0.480 e. The van der Waals surface area contributed by atoms with Gasteiger partial charge < -0.3 is 21.1 Å². The highest BCUT2D eigenvalue weighted by molar-refractivity contribution is 5.85. The summed E-state index contributed by atoms with van der Waals surface area (Å²) in [6, 6.07) is -0.679. The van der Waals surface area contributed by atoms with E-state index in [2.05, 4.69) is 15.5 Å². The van der Waals surface area contributed by atoms with Gasteiger partial charge in [-0.2, -0.15) is 5.10 Å². The molecule has 5 N–H and O–H groups in total. The number of rotatable bonds is 6. The predicted molar refractivity (Wildman–Crippen MR) is 64.0 cm³/mol. The number of aromatic amines is 1. The van der Waals surface area contributed by atoms with Crippen molar-refractivity contribution < 1.29 is 19.5 Å². The first kappa shape index (κ1) is 14.5. The van der Waals surface area contributed by atoms with Gasteiger partial charge in [0.05, 0.1) is 6.20 Å². The average Bonchev–Trinajstić information content (AvgIpc) is 2.69. The standard InChI is InChI=1S/C10H15N5O4/c1-6-7(3-13-14-6)2-12-10(19)15(4-8(11)16)5-9(17)18/h3H,2,4-5H2,1H3,(H2,11,16)(H,12,19)(H,13,14)(H,17,18). The maximum Gasteiger partial charge on any atom is 0.323 e. The van der Waals surface area contributed by atoms with Crippen molar-refractivity contribution in [3.05, 3.63) is 17.5 Å². The summed E-state index contributed by atoms with van der Waals surface area (Å²) >= 11 is 0. The van der Waals surface area contributed by atoms with Crippen LogP contribution < -0.4 is 11.1 Å². The van der Waals surface area contributed by atoms with Gasteiger partial charge in [-0.1, -0.05) is 0 Å². The summed E-state index contributed by atoms with van der Waals surface area (Å²) in [4.78, 5) is 33.9. The maximum atomic E-state index is 11.7. The number of carbonyl (C=O) groups is 3. The molecule has 0 saturated carbocycles. The zero-order valence-corrected chi connectivity index (χ0v) is 10.3. The minimum absolute atomic E-state index is 0.177. The van der Waals surface area contributed by atoms with Gasteiger partial charge in [0.1, 0.15) is 13.1 Å². The zero-order chi connectivity index (χ0) is 14.4. The van der Waals surface area contributed by atoms with Crippen LogP contribution in [0.25, 0.3) is 0 Å². The molecule has 0 aliphatic carbocycles. The SMILES string of the molecule is Cc1[nH]ncc1CNC(=O)N(CC(N)=O)CC(=O)O. The molecule has 104 valence electrons. The van der Waals surface area contributed by atoms with Crippen LogP contribution >= 0.6 is 0 Å². The lowest BCUT2D eigenvalue weighted by atomic mass is 10.3. The summed E-state index contributed by atoms with van der Waals surface area (Å²) in [5.41, 5.74) is 6.51. The first-order chi connectivity index (χ1) is 8.90. The van der Waals surface area contributed by atoms with Crippen molar-refractivity contribution in [2.24, 2.45) is 5.73 Å². The summed E-state index contributed by atoms with van der Waals surface area (Å²) in [7, 11) is 0. The molecule has 0 unspecified atom stereocenters. The van der Waals surface area contributed by atoms with E-state index < -0.39 is 31.0 Å². The summed E-state index contributed by atoms with van der Waals surface area (Å²) in [6.07, 6.45) is 1.55. The number of primary amides is 1. The number of carboxylic acids is 1. The molecule has 0 aliphatic heterocycles. The Labute approximate surface area is 108 Å². The molecule has 0 fully saturated rings. The van der Waals surface area contributed by atoms with Crippen LogP contribution in [0.2, 0.25) is 0 Å². The molecule has 9 nitrogen and oxygen atoms in total. The quantitative estimate of drug-likeness (QED) is 0.513. The molecule has 3 amide bonds. The first-order valence-corrected chi connectivity index (χ1v) is 5.42. The molecule has 1 rings (SSSR count). The van der Waals surface area contributed by atoms with E-state index in [0.29, 0.717) is 0 Å². The molecule has 0 atom stereocenters. The van der Waals surface area contributed by atoms with Crippen molar-refractivity contribution in [3.63, 3.8) is 0 Å². The highest BCUT2D eigenvalue weighted by Crippen LogP contribution is 2.01. The van der Waals surface area contributed by atoms with E-state index in [-0.39, 0.29) is 6.54 Å². The average molecular weight is 269 g/mol. The molecule has 0 aromatic carbocycles. The Morgan fingerprint density at radius 3 is 2.63 bits per heavy atom. The summed E-state index contributed by atoms with van der Waals surface area (Å²) in [6.45, 7) is 0.907. The van der Waals surface area contributed by atoms with E-state index >= 15 is 0 Å². The van der Waals surface area contributed by atoms with Crippen molar-refractivity contribution in [2.75, 3.05) is 13.1 Å². The third kappa shape index (κ3) is 4.66. The Morgan fingerprint density at radius 1 is 1.47 bits per heavy atom. The van der Waals surface area contributed by atoms with Gasteiger partial charge in [-0.05, 0) is 6.92 Å². The zero-order valence-electron chi connectivity index (χ0n) is 10.3. The Morgan fingerprint density at radius 2 is 2.16 bits per heavy atom. The van der Waals surface area contributed by atoms with Crippen LogP contribution in [0.3, 0.4) is 0 Å². The molecule has 9 heteroatoms. The van der Waals surface area contributed by atoms with Crippen molar-refractivity contribution in [3.8, 4) is 0 Å². The molecule has 0 radical (unpaired) electrons. The van der Waals surface area contributed by atoms with Crippen LogP contribution in [-0.4, -0.2) is 51.2 Å². The minimum Gasteiger partial charge on any atom is -0.480 e. The van der Waals surface area contributed by atoms with E-state index in [1.807, 2.05) is 0 Å². The van der Waals surface area contributed by atoms with Crippen molar-refractivity contribution in [2.45, 2.75) is 13.5 Å². The van der Waals surface area contributed by atoms with Gasteiger partial charge >= 0.3 is 12.0 Å². The van der Waals surface area contributed by atoms with Crippen LogP contribution in [0.1, 0.15) is 11.3 Å². The Bertz CT molecular complexity index is 468. The molecule has 0 spiro atoms. The number of H-pyrrole nitrogens is 1. The fraction of sp³-hybridized carbons (Fsp3) is 0.400. The number of hydrogen-bond acceptors (Lipinski definition) is 4. The fourth-order valence-electron chi connectivity index (χ4n) is 1.39. The van der Waals surface area contributed by atoms with Gasteiger partial charge in [0.2, 0.25) is 5.91 Å². The summed E-state index contributed by atoms with van der Waals surface area (Å²) in [5, 5.41) is 17.6. The minimum atomic E-state index is -1.23. The van der Waals surface area contributed by atoms with Gasteiger partial charge in [-0.25, -0.2) is 4.79 Å². The van der Waals surface area contributed by atoms with Crippen LogP contribution in [0.15, 0.2) is 6.20 Å². The number of carbonyl (C=O) groups excluding carboxylic acids is 2. The second-order valence-electron chi connectivity index (χ2n) is 3.90. The number of urea groups is 1. The highest BCUT2D eigenvalue weighted by atomic mass is 16.4. The molecule has 1 heterocycles. The Kier molecular flexibility index (Phi) is 4.86. The number of nitrogens with one attached hydrogen (secondary N) is 2. The topological polar surface area (TPSA) is 141 Å². The van der Waals surface area contributed by atoms with Crippen LogP contribution in [0.4, 0.5) is 4.79 Å². The lowest BCUT2D eigenvalue weighted by molar-refractivity contribution is -0.137. The normalized spacial score (nSPS) is 9.95. The van der Waals surface area contributed by atoms with E-state index in [4.69, 9.17) is 10.8 Å². The monoisotopic (exact) mass is 269 g/mol. The molecular weight excluding hydrogens is 254 g/mol. The molecule has 0 aliphatic rings. The van der Waals surface area contributed by atoms with Crippen molar-refractivity contribution in [1.82, 2.24) is 20.4 Å². The summed E-state index contributed by atoms with van der Waals surface area (Å²) < 4.78 is 0. The van der Waals surface area contributed by atoms with Crippen LogP contribution in [0, 0.1) is 6.92 Å². The number of aliphatic carboxylic acids is 1. The second kappa shape index (κ2) is 6.38. The number of hydrogen-bond donors (Lipinski definition) is 4. The van der Waals surface area contributed by atoms with E-state index in [9.17, 15) is 14.4 Å². The van der Waals surface area contributed by atoms with Gasteiger partial charge in [0.25, 0.3) is 0 Å². The van der Waals surface area contributed by atoms with Gasteiger partial charge in [-0.3, -0.25) is 14.7 Å². The van der Waals surface area contributed by atoms with Crippen molar-refractivity contribution >= 4 is 17.9 Å². The molecule has 19 heavy (non-hydrogen) atoms. The van der Waals surface area contributed by atoms with Gasteiger partial charge in [-0.15, -0.1) is 0 Å².